The highest BCUT2D eigenvalue weighted by molar-refractivity contribution is 8.15. The van der Waals surface area contributed by atoms with E-state index in [0.717, 1.165) is 22.5 Å². The molecule has 0 aliphatic carbocycles. The lowest BCUT2D eigenvalue weighted by molar-refractivity contribution is -0.115. The van der Waals surface area contributed by atoms with E-state index in [0.29, 0.717) is 38.3 Å². The van der Waals surface area contributed by atoms with Crippen LogP contribution in [0, 0.1) is 0 Å². The van der Waals surface area contributed by atoms with Crippen LogP contribution in [0.4, 0.5) is 17.1 Å². The summed E-state index contributed by atoms with van der Waals surface area (Å²) in [6, 6.07) is 39.3. The molecule has 218 valence electrons. The normalized spacial score (nSPS) is 14.2. The van der Waals surface area contributed by atoms with Gasteiger partial charge in [0.05, 0.1) is 44.4 Å². The van der Waals surface area contributed by atoms with Crippen molar-refractivity contribution >= 4 is 68.6 Å². The molecule has 0 bridgehead atoms. The predicted octanol–water partition coefficient (Wildman–Crippen LogP) is 8.22. The summed E-state index contributed by atoms with van der Waals surface area (Å²) >= 11 is 8.28. The Bertz CT molecular complexity index is 2160. The summed E-state index contributed by atoms with van der Waals surface area (Å²) in [5.41, 5.74) is 4.57. The van der Waals surface area contributed by atoms with Crippen molar-refractivity contribution in [2.24, 2.45) is 9.98 Å². The predicted molar refractivity (Wildman–Crippen MR) is 185 cm³/mol. The number of carbonyl (C=O) groups excluding carboxylic acids is 1. The Hall–Kier alpha value is -5.31. The molecule has 0 spiro atoms. The molecule has 1 fully saturated rings. The first-order chi connectivity index (χ1) is 22.0. The molecule has 1 aromatic heterocycles. The van der Waals surface area contributed by atoms with Crippen LogP contribution in [-0.4, -0.2) is 32.6 Å². The van der Waals surface area contributed by atoms with Crippen molar-refractivity contribution in [3.8, 4) is 17.1 Å². The molecule has 6 aromatic rings. The molecule has 1 amide bonds. The molecular weight excluding hydrogens is 602 g/mol. The fourth-order valence-electron chi connectivity index (χ4n) is 5.06. The Labute approximate surface area is 268 Å². The topological polar surface area (TPSA) is 79.9 Å². The Morgan fingerprint density at radius 3 is 2.24 bits per heavy atom. The molecule has 1 aliphatic heterocycles. The van der Waals surface area contributed by atoms with Crippen molar-refractivity contribution in [1.29, 1.82) is 0 Å². The molecule has 45 heavy (non-hydrogen) atoms. The summed E-state index contributed by atoms with van der Waals surface area (Å²) < 4.78 is 1.52. The Balaban J connectivity index is 1.30. The average molecular weight is 626 g/mol. The quantitative estimate of drug-likeness (QED) is 0.175. The minimum Gasteiger partial charge on any atom is -0.273 e. The number of hydrogen-bond acceptors (Lipinski definition) is 6. The molecule has 5 aromatic carbocycles. The molecule has 9 heteroatoms. The number of fused-ring (bicyclic) bond motifs is 1. The van der Waals surface area contributed by atoms with Crippen LogP contribution < -0.4 is 10.5 Å². The van der Waals surface area contributed by atoms with E-state index in [2.05, 4.69) is 9.98 Å². The van der Waals surface area contributed by atoms with E-state index in [1.165, 1.54) is 16.3 Å². The Morgan fingerprint density at radius 2 is 1.49 bits per heavy atom. The largest absolute Gasteiger partial charge is 0.273 e. The van der Waals surface area contributed by atoms with E-state index < -0.39 is 0 Å². The van der Waals surface area contributed by atoms with Gasteiger partial charge in [-0.25, -0.2) is 9.98 Å². The second kappa shape index (κ2) is 12.4. The molecule has 0 saturated carbocycles. The monoisotopic (exact) mass is 625 g/mol. The van der Waals surface area contributed by atoms with Gasteiger partial charge in [0.2, 0.25) is 5.91 Å². The lowest BCUT2D eigenvalue weighted by atomic mass is 10.1. The number of halogens is 1. The molecule has 2 heterocycles. The molecule has 1 aliphatic rings. The van der Waals surface area contributed by atoms with E-state index in [-0.39, 0.29) is 17.2 Å². The van der Waals surface area contributed by atoms with Crippen LogP contribution in [0.1, 0.15) is 5.56 Å². The molecule has 7 rings (SSSR count). The van der Waals surface area contributed by atoms with E-state index in [4.69, 9.17) is 16.6 Å². The molecular formula is C36H24ClN5O2S. The van der Waals surface area contributed by atoms with Gasteiger partial charge in [0, 0.05) is 11.8 Å². The minimum atomic E-state index is -0.254. The van der Waals surface area contributed by atoms with Gasteiger partial charge in [-0.2, -0.15) is 0 Å². The van der Waals surface area contributed by atoms with Crippen LogP contribution in [-0.2, 0) is 4.79 Å². The summed E-state index contributed by atoms with van der Waals surface area (Å²) in [4.78, 5) is 42.7. The summed E-state index contributed by atoms with van der Waals surface area (Å²) in [5.74, 6) is 0.610. The van der Waals surface area contributed by atoms with Gasteiger partial charge in [-0.05, 0) is 72.3 Å². The number of nitrogens with zero attached hydrogens (tertiary/aromatic N) is 5. The second-order valence-corrected chi connectivity index (χ2v) is 11.5. The number of benzene rings is 5. The number of amidine groups is 1. The number of anilines is 1. The van der Waals surface area contributed by atoms with Gasteiger partial charge in [0.25, 0.3) is 5.56 Å². The number of amides is 1. The summed E-state index contributed by atoms with van der Waals surface area (Å²) in [7, 11) is 0. The Kier molecular flexibility index (Phi) is 7.82. The number of aliphatic imine (C=N–C) groups is 2. The molecule has 0 N–H and O–H groups in total. The fourth-order valence-corrected chi connectivity index (χ4v) is 6.21. The van der Waals surface area contributed by atoms with Crippen molar-refractivity contribution in [2.45, 2.75) is 0 Å². The fraction of sp³-hybridized carbons (Fsp3) is 0.0278. The van der Waals surface area contributed by atoms with Crippen molar-refractivity contribution < 1.29 is 4.79 Å². The number of carbonyl (C=O) groups is 1. The maximum Gasteiger partial charge on any atom is 0.266 e. The third-order valence-electron chi connectivity index (χ3n) is 7.24. The maximum atomic E-state index is 14.0. The van der Waals surface area contributed by atoms with Gasteiger partial charge in [-0.1, -0.05) is 84.0 Å². The van der Waals surface area contributed by atoms with Crippen LogP contribution in [0.2, 0.25) is 5.02 Å². The number of aromatic nitrogens is 2. The lowest BCUT2D eigenvalue weighted by Crippen LogP contribution is -2.29. The molecule has 0 unspecified atom stereocenters. The third-order valence-corrected chi connectivity index (χ3v) is 8.47. The van der Waals surface area contributed by atoms with Crippen molar-refractivity contribution in [1.82, 2.24) is 9.55 Å². The second-order valence-electron chi connectivity index (χ2n) is 10.2. The van der Waals surface area contributed by atoms with Gasteiger partial charge in [-0.3, -0.25) is 24.0 Å². The highest BCUT2D eigenvalue weighted by Crippen LogP contribution is 2.34. The van der Waals surface area contributed by atoms with E-state index in [1.807, 2.05) is 103 Å². The van der Waals surface area contributed by atoms with E-state index in [9.17, 15) is 9.59 Å². The molecule has 0 radical (unpaired) electrons. The van der Waals surface area contributed by atoms with E-state index >= 15 is 0 Å². The van der Waals surface area contributed by atoms with Crippen molar-refractivity contribution in [2.75, 3.05) is 10.7 Å². The smallest absolute Gasteiger partial charge is 0.266 e. The average Bonchev–Trinajstić information content (AvgIpc) is 3.44. The zero-order chi connectivity index (χ0) is 30.8. The summed E-state index contributed by atoms with van der Waals surface area (Å²) in [5, 5.41) is 1.32. The zero-order valence-corrected chi connectivity index (χ0v) is 25.3. The molecule has 1 saturated heterocycles. The molecule has 0 atom stereocenters. The number of hydrogen-bond donors (Lipinski definition) is 0. The standard InChI is InChI=1S/C36H24ClN5O2S/c37-30-21-28(41-33(43)23-45-36(41)39-27-11-5-2-6-12-27)19-20-32(30)42-34(40-31-14-8-7-13-29(31)35(42)44)25-15-17-26(18-16-25)38-22-24-9-3-1-4-10-24/h1-22H,23H2. The van der Waals surface area contributed by atoms with Gasteiger partial charge in [0.15, 0.2) is 5.17 Å². The highest BCUT2D eigenvalue weighted by atomic mass is 35.5. The van der Waals surface area contributed by atoms with Gasteiger partial charge < -0.3 is 0 Å². The first-order valence-electron chi connectivity index (χ1n) is 14.2. The van der Waals surface area contributed by atoms with Gasteiger partial charge in [-0.15, -0.1) is 0 Å². The van der Waals surface area contributed by atoms with E-state index in [1.54, 1.807) is 35.4 Å². The minimum absolute atomic E-state index is 0.0984. The summed E-state index contributed by atoms with van der Waals surface area (Å²) in [6.07, 6.45) is 1.81. The van der Waals surface area contributed by atoms with Crippen LogP contribution >= 0.6 is 23.4 Å². The van der Waals surface area contributed by atoms with Crippen molar-refractivity contribution in [3.63, 3.8) is 0 Å². The number of para-hydroxylation sites is 2. The maximum absolute atomic E-state index is 14.0. The third kappa shape index (κ3) is 5.81. The number of thioether (sulfide) groups is 1. The summed E-state index contributed by atoms with van der Waals surface area (Å²) in [6.45, 7) is 0. The van der Waals surface area contributed by atoms with Crippen LogP contribution in [0.25, 0.3) is 28.0 Å². The Morgan fingerprint density at radius 1 is 0.778 bits per heavy atom. The van der Waals surface area contributed by atoms with Gasteiger partial charge in [0.1, 0.15) is 5.82 Å². The first kappa shape index (κ1) is 28.5. The molecule has 7 nitrogen and oxygen atoms in total. The van der Waals surface area contributed by atoms with Crippen LogP contribution in [0.3, 0.4) is 0 Å². The SMILES string of the molecule is O=C1CSC(=Nc2ccccc2)N1c1ccc(-n2c(-c3ccc(N=Cc4ccccc4)cc3)nc3ccccc3c2=O)c(Cl)c1. The lowest BCUT2D eigenvalue weighted by Gasteiger charge is -2.19. The zero-order valence-electron chi connectivity index (χ0n) is 23.7. The first-order valence-corrected chi connectivity index (χ1v) is 15.5. The number of rotatable bonds is 6. The van der Waals surface area contributed by atoms with Crippen molar-refractivity contribution in [3.05, 3.63) is 148 Å². The van der Waals surface area contributed by atoms with Crippen LogP contribution in [0.15, 0.2) is 142 Å². The van der Waals surface area contributed by atoms with Gasteiger partial charge >= 0.3 is 0 Å². The van der Waals surface area contributed by atoms with Crippen LogP contribution in [0.5, 0.6) is 0 Å². The highest BCUT2D eigenvalue weighted by Gasteiger charge is 2.30.